The van der Waals surface area contributed by atoms with E-state index in [0.29, 0.717) is 12.2 Å². The van der Waals surface area contributed by atoms with Crippen molar-refractivity contribution in [3.63, 3.8) is 0 Å². The fourth-order valence-electron chi connectivity index (χ4n) is 3.93. The Morgan fingerprint density at radius 1 is 1.25 bits per heavy atom. The number of carbonyl (C=O) groups is 1. The van der Waals surface area contributed by atoms with Gasteiger partial charge in [0.1, 0.15) is 0 Å². The van der Waals surface area contributed by atoms with Crippen LogP contribution in [0.1, 0.15) is 41.6 Å². The Kier molecular flexibility index (Phi) is 5.39. The third-order valence-electron chi connectivity index (χ3n) is 5.35. The van der Waals surface area contributed by atoms with Crippen LogP contribution < -0.4 is 14.8 Å². The molecular formula is C22H24N2O3S. The number of rotatable bonds is 7. The number of methoxy groups -OCH3 is 2. The first kappa shape index (κ1) is 18.6. The highest BCUT2D eigenvalue weighted by molar-refractivity contribution is 7.08. The van der Waals surface area contributed by atoms with Crippen LogP contribution in [0.5, 0.6) is 11.5 Å². The SMILES string of the molecule is COc1cc2c(cc1OC)C(NC(=O)CC(c1ccsc1)n1cccc1)CC2. The van der Waals surface area contributed by atoms with E-state index in [1.165, 1.54) is 5.56 Å². The lowest BCUT2D eigenvalue weighted by Crippen LogP contribution is -2.29. The van der Waals surface area contributed by atoms with Crippen molar-refractivity contribution in [1.82, 2.24) is 9.88 Å². The van der Waals surface area contributed by atoms with Gasteiger partial charge in [-0.1, -0.05) is 0 Å². The minimum Gasteiger partial charge on any atom is -0.493 e. The van der Waals surface area contributed by atoms with Gasteiger partial charge in [0.05, 0.1) is 32.7 Å². The summed E-state index contributed by atoms with van der Waals surface area (Å²) < 4.78 is 12.9. The molecule has 28 heavy (non-hydrogen) atoms. The highest BCUT2D eigenvalue weighted by Gasteiger charge is 2.27. The number of amides is 1. The lowest BCUT2D eigenvalue weighted by atomic mass is 10.0. The average molecular weight is 397 g/mol. The average Bonchev–Trinajstić information content (AvgIpc) is 3.47. The number of ether oxygens (including phenoxy) is 2. The zero-order valence-electron chi connectivity index (χ0n) is 16.1. The van der Waals surface area contributed by atoms with E-state index in [0.717, 1.165) is 29.7 Å². The van der Waals surface area contributed by atoms with Crippen molar-refractivity contribution in [1.29, 1.82) is 0 Å². The number of aromatic nitrogens is 1. The van der Waals surface area contributed by atoms with E-state index in [2.05, 4.69) is 26.7 Å². The molecule has 2 aromatic heterocycles. The second kappa shape index (κ2) is 8.10. The van der Waals surface area contributed by atoms with Crippen molar-refractivity contribution in [3.8, 4) is 11.5 Å². The van der Waals surface area contributed by atoms with E-state index in [9.17, 15) is 4.79 Å². The molecule has 1 aliphatic rings. The van der Waals surface area contributed by atoms with Crippen molar-refractivity contribution in [2.75, 3.05) is 14.2 Å². The van der Waals surface area contributed by atoms with Crippen molar-refractivity contribution in [3.05, 3.63) is 70.2 Å². The van der Waals surface area contributed by atoms with Gasteiger partial charge in [-0.25, -0.2) is 0 Å². The number of thiophene rings is 1. The summed E-state index contributed by atoms with van der Waals surface area (Å²) in [5, 5.41) is 7.40. The second-order valence-electron chi connectivity index (χ2n) is 6.97. The lowest BCUT2D eigenvalue weighted by molar-refractivity contribution is -0.122. The van der Waals surface area contributed by atoms with Crippen molar-refractivity contribution in [2.24, 2.45) is 0 Å². The van der Waals surface area contributed by atoms with Gasteiger partial charge in [-0.3, -0.25) is 4.79 Å². The summed E-state index contributed by atoms with van der Waals surface area (Å²) in [6.45, 7) is 0. The zero-order chi connectivity index (χ0) is 19.5. The number of hydrogen-bond acceptors (Lipinski definition) is 4. The van der Waals surface area contributed by atoms with Gasteiger partial charge in [-0.05, 0) is 70.6 Å². The summed E-state index contributed by atoms with van der Waals surface area (Å²) in [6.07, 6.45) is 6.25. The van der Waals surface area contributed by atoms with Crippen LogP contribution in [0.2, 0.25) is 0 Å². The Labute approximate surface area is 168 Å². The molecule has 1 N–H and O–H groups in total. The molecule has 1 aromatic carbocycles. The molecule has 146 valence electrons. The van der Waals surface area contributed by atoms with Gasteiger partial charge in [0.25, 0.3) is 0 Å². The Hall–Kier alpha value is -2.73. The highest BCUT2D eigenvalue weighted by Crippen LogP contribution is 2.39. The maximum atomic E-state index is 12.9. The molecule has 1 aliphatic carbocycles. The third kappa shape index (κ3) is 3.64. The van der Waals surface area contributed by atoms with Gasteiger partial charge < -0.3 is 19.4 Å². The Morgan fingerprint density at radius 2 is 2.00 bits per heavy atom. The molecule has 0 bridgehead atoms. The van der Waals surface area contributed by atoms with Gasteiger partial charge in [0, 0.05) is 12.4 Å². The number of nitrogens with one attached hydrogen (secondary N) is 1. The van der Waals surface area contributed by atoms with Crippen LogP contribution >= 0.6 is 11.3 Å². The Balaban J connectivity index is 1.50. The molecule has 0 saturated carbocycles. The fraction of sp³-hybridized carbons (Fsp3) is 0.318. The monoisotopic (exact) mass is 396 g/mol. The highest BCUT2D eigenvalue weighted by atomic mass is 32.1. The number of hydrogen-bond donors (Lipinski definition) is 1. The van der Waals surface area contributed by atoms with Gasteiger partial charge in [-0.15, -0.1) is 0 Å². The third-order valence-corrected chi connectivity index (χ3v) is 6.05. The van der Waals surface area contributed by atoms with Crippen molar-refractivity contribution in [2.45, 2.75) is 31.3 Å². The minimum atomic E-state index is 0.00697. The van der Waals surface area contributed by atoms with E-state index in [4.69, 9.17) is 9.47 Å². The molecule has 0 saturated heterocycles. The van der Waals surface area contributed by atoms with Crippen molar-refractivity contribution < 1.29 is 14.3 Å². The molecule has 4 rings (SSSR count). The van der Waals surface area contributed by atoms with E-state index in [1.807, 2.05) is 36.7 Å². The molecule has 2 atom stereocenters. The zero-order valence-corrected chi connectivity index (χ0v) is 16.9. The normalized spacial score (nSPS) is 16.4. The van der Waals surface area contributed by atoms with Gasteiger partial charge >= 0.3 is 0 Å². The van der Waals surface area contributed by atoms with E-state index >= 15 is 0 Å². The smallest absolute Gasteiger partial charge is 0.222 e. The van der Waals surface area contributed by atoms with E-state index in [-0.39, 0.29) is 18.0 Å². The number of fused-ring (bicyclic) bond motifs is 1. The molecule has 5 nitrogen and oxygen atoms in total. The van der Waals surface area contributed by atoms with Crippen LogP contribution in [0.25, 0.3) is 0 Å². The Morgan fingerprint density at radius 3 is 2.68 bits per heavy atom. The molecule has 1 amide bonds. The molecule has 0 aliphatic heterocycles. The molecule has 3 aromatic rings. The first-order chi connectivity index (χ1) is 13.7. The van der Waals surface area contributed by atoms with Gasteiger partial charge in [-0.2, -0.15) is 11.3 Å². The predicted molar refractivity (Wildman–Crippen MR) is 110 cm³/mol. The number of carbonyl (C=O) groups excluding carboxylic acids is 1. The van der Waals surface area contributed by atoms with Gasteiger partial charge in [0.2, 0.25) is 5.91 Å². The van der Waals surface area contributed by atoms with Gasteiger partial charge in [0.15, 0.2) is 11.5 Å². The topological polar surface area (TPSA) is 52.5 Å². The first-order valence-corrected chi connectivity index (χ1v) is 10.3. The molecule has 0 radical (unpaired) electrons. The van der Waals surface area contributed by atoms with Crippen LogP contribution in [0.3, 0.4) is 0 Å². The van der Waals surface area contributed by atoms with Crippen LogP contribution in [-0.4, -0.2) is 24.7 Å². The summed E-state index contributed by atoms with van der Waals surface area (Å²) in [5.74, 6) is 1.49. The first-order valence-electron chi connectivity index (χ1n) is 9.38. The van der Waals surface area contributed by atoms with Crippen LogP contribution in [0, 0.1) is 0 Å². The summed E-state index contributed by atoms with van der Waals surface area (Å²) in [7, 11) is 3.28. The Bertz CT molecular complexity index is 901. The minimum absolute atomic E-state index is 0.00697. The van der Waals surface area contributed by atoms with Crippen LogP contribution in [-0.2, 0) is 11.2 Å². The maximum Gasteiger partial charge on any atom is 0.222 e. The standard InChI is InChI=1S/C22H24N2O3S/c1-26-20-11-15-5-6-18(17(15)12-21(20)27-2)23-22(25)13-19(16-7-10-28-14-16)24-8-3-4-9-24/h3-4,7-12,14,18-19H,5-6,13H2,1-2H3,(H,23,25). The second-order valence-corrected chi connectivity index (χ2v) is 7.75. The molecular weight excluding hydrogens is 372 g/mol. The molecule has 2 heterocycles. The number of aryl methyl sites for hydroxylation is 1. The molecule has 2 unspecified atom stereocenters. The quantitative estimate of drug-likeness (QED) is 0.646. The van der Waals surface area contributed by atoms with E-state index in [1.54, 1.807) is 25.6 Å². The summed E-state index contributed by atoms with van der Waals surface area (Å²) in [6, 6.07) is 10.1. The van der Waals surface area contributed by atoms with E-state index < -0.39 is 0 Å². The lowest BCUT2D eigenvalue weighted by Gasteiger charge is -2.20. The molecule has 6 heteroatoms. The number of benzene rings is 1. The number of nitrogens with zero attached hydrogens (tertiary/aromatic N) is 1. The maximum absolute atomic E-state index is 12.9. The largest absolute Gasteiger partial charge is 0.493 e. The summed E-state index contributed by atoms with van der Waals surface area (Å²) >= 11 is 1.65. The molecule has 0 fully saturated rings. The van der Waals surface area contributed by atoms with Crippen LogP contribution in [0.15, 0.2) is 53.5 Å². The summed E-state index contributed by atoms with van der Waals surface area (Å²) in [4.78, 5) is 12.9. The van der Waals surface area contributed by atoms with Crippen molar-refractivity contribution >= 4 is 17.2 Å². The summed E-state index contributed by atoms with van der Waals surface area (Å²) in [5.41, 5.74) is 3.50. The van der Waals surface area contributed by atoms with Crippen LogP contribution in [0.4, 0.5) is 0 Å². The predicted octanol–water partition coefficient (Wildman–Crippen LogP) is 4.35. The molecule has 0 spiro atoms. The fourth-order valence-corrected chi connectivity index (χ4v) is 4.63.